The van der Waals surface area contributed by atoms with Crippen LogP contribution in [0.2, 0.25) is 0 Å². The van der Waals surface area contributed by atoms with Crippen molar-refractivity contribution in [2.75, 3.05) is 19.6 Å². The molecule has 1 amide bonds. The number of rotatable bonds is 7. The first-order valence-corrected chi connectivity index (χ1v) is 8.35. The lowest BCUT2D eigenvalue weighted by Crippen LogP contribution is -2.34. The number of piperidine rings is 1. The summed E-state index contributed by atoms with van der Waals surface area (Å²) in [5.74, 6) is 1.73. The number of hydrogen-bond acceptors (Lipinski definition) is 3. The van der Waals surface area contributed by atoms with Gasteiger partial charge in [-0.2, -0.15) is 0 Å². The van der Waals surface area contributed by atoms with E-state index in [1.165, 1.54) is 12.8 Å². The molecule has 1 fully saturated rings. The number of nitrogens with one attached hydrogen (secondary N) is 2. The van der Waals surface area contributed by atoms with E-state index in [-0.39, 0.29) is 12.0 Å². The van der Waals surface area contributed by atoms with Crippen molar-refractivity contribution in [3.63, 3.8) is 0 Å². The molecule has 1 saturated heterocycles. The van der Waals surface area contributed by atoms with Crippen LogP contribution in [0.15, 0.2) is 24.3 Å². The van der Waals surface area contributed by atoms with Gasteiger partial charge in [0.15, 0.2) is 0 Å². The van der Waals surface area contributed by atoms with Gasteiger partial charge in [-0.05, 0) is 63.7 Å². The van der Waals surface area contributed by atoms with E-state index in [1.54, 1.807) is 0 Å². The van der Waals surface area contributed by atoms with Gasteiger partial charge in [-0.3, -0.25) is 4.79 Å². The van der Waals surface area contributed by atoms with Crippen LogP contribution in [-0.4, -0.2) is 31.6 Å². The summed E-state index contributed by atoms with van der Waals surface area (Å²) in [7, 11) is 0. The molecule has 1 aromatic rings. The van der Waals surface area contributed by atoms with Gasteiger partial charge in [0.25, 0.3) is 0 Å². The Morgan fingerprint density at radius 2 is 2.09 bits per heavy atom. The van der Waals surface area contributed by atoms with E-state index in [1.807, 2.05) is 38.1 Å². The molecule has 2 N–H and O–H groups in total. The number of carbonyl (C=O) groups excluding carboxylic acids is 1. The second kappa shape index (κ2) is 8.79. The molecule has 1 unspecified atom stereocenters. The highest BCUT2D eigenvalue weighted by Gasteiger charge is 2.15. The number of hydrogen-bond donors (Lipinski definition) is 2. The topological polar surface area (TPSA) is 50.4 Å². The zero-order valence-corrected chi connectivity index (χ0v) is 13.7. The molecule has 1 atom stereocenters. The smallest absolute Gasteiger partial charge is 0.220 e. The molecule has 0 aromatic heterocycles. The van der Waals surface area contributed by atoms with Gasteiger partial charge in [0.05, 0.1) is 6.54 Å². The summed E-state index contributed by atoms with van der Waals surface area (Å²) < 4.78 is 5.87. The van der Waals surface area contributed by atoms with E-state index in [0.29, 0.717) is 18.9 Å². The van der Waals surface area contributed by atoms with Crippen molar-refractivity contribution in [1.82, 2.24) is 10.6 Å². The van der Waals surface area contributed by atoms with E-state index >= 15 is 0 Å². The van der Waals surface area contributed by atoms with Gasteiger partial charge in [0.1, 0.15) is 11.9 Å². The van der Waals surface area contributed by atoms with Crippen molar-refractivity contribution in [2.24, 2.45) is 5.92 Å². The fraction of sp³-hybridized carbons (Fsp3) is 0.611. The molecule has 1 aliphatic rings. The van der Waals surface area contributed by atoms with Gasteiger partial charge in [-0.15, -0.1) is 0 Å². The predicted molar refractivity (Wildman–Crippen MR) is 89.1 cm³/mol. The van der Waals surface area contributed by atoms with Gasteiger partial charge >= 0.3 is 0 Å². The minimum atomic E-state index is -0.0241. The van der Waals surface area contributed by atoms with Crippen LogP contribution >= 0.6 is 0 Å². The highest BCUT2D eigenvalue weighted by atomic mass is 16.5. The summed E-state index contributed by atoms with van der Waals surface area (Å²) in [6.45, 7) is 6.75. The van der Waals surface area contributed by atoms with Gasteiger partial charge < -0.3 is 15.4 Å². The van der Waals surface area contributed by atoms with Gasteiger partial charge in [-0.1, -0.05) is 18.2 Å². The largest absolute Gasteiger partial charge is 0.489 e. The molecule has 0 saturated carbocycles. The first-order chi connectivity index (χ1) is 10.6. The average Bonchev–Trinajstić information content (AvgIpc) is 2.54. The fourth-order valence-electron chi connectivity index (χ4n) is 2.80. The fourth-order valence-corrected chi connectivity index (χ4v) is 2.80. The molecular weight excluding hydrogens is 276 g/mol. The lowest BCUT2D eigenvalue weighted by atomic mass is 9.93. The molecule has 0 bridgehead atoms. The SMILES string of the molecule is Cc1ccccc1OC(C)CNC(=O)CCC1CCNCC1. The molecule has 4 heteroatoms. The zero-order valence-electron chi connectivity index (χ0n) is 13.7. The molecule has 1 heterocycles. The van der Waals surface area contributed by atoms with Crippen LogP contribution in [-0.2, 0) is 4.79 Å². The molecule has 1 aliphatic heterocycles. The second-order valence-electron chi connectivity index (χ2n) is 6.23. The predicted octanol–water partition coefficient (Wildman–Crippen LogP) is 2.66. The standard InChI is InChI=1S/C18H28N2O2/c1-14-5-3-4-6-17(14)22-15(2)13-20-18(21)8-7-16-9-11-19-12-10-16/h3-6,15-16,19H,7-13H2,1-2H3,(H,20,21). The zero-order chi connectivity index (χ0) is 15.8. The normalized spacial score (nSPS) is 17.0. The Morgan fingerprint density at radius 1 is 1.36 bits per heavy atom. The Bertz CT molecular complexity index is 470. The number of amides is 1. The molecule has 2 rings (SSSR count). The van der Waals surface area contributed by atoms with E-state index in [2.05, 4.69) is 10.6 Å². The number of benzene rings is 1. The third-order valence-electron chi connectivity index (χ3n) is 4.25. The monoisotopic (exact) mass is 304 g/mol. The minimum Gasteiger partial charge on any atom is -0.489 e. The summed E-state index contributed by atoms with van der Waals surface area (Å²) in [4.78, 5) is 11.9. The molecule has 4 nitrogen and oxygen atoms in total. The van der Waals surface area contributed by atoms with Crippen LogP contribution in [0.25, 0.3) is 0 Å². The number of carbonyl (C=O) groups is 1. The summed E-state index contributed by atoms with van der Waals surface area (Å²) in [6, 6.07) is 7.95. The molecule has 0 spiro atoms. The third kappa shape index (κ3) is 5.68. The first kappa shape index (κ1) is 16.8. The van der Waals surface area contributed by atoms with E-state index < -0.39 is 0 Å². The number of ether oxygens (including phenoxy) is 1. The quantitative estimate of drug-likeness (QED) is 0.814. The van der Waals surface area contributed by atoms with Gasteiger partial charge in [-0.25, -0.2) is 0 Å². The summed E-state index contributed by atoms with van der Waals surface area (Å²) >= 11 is 0. The average molecular weight is 304 g/mol. The van der Waals surface area contributed by atoms with Crippen molar-refractivity contribution >= 4 is 5.91 Å². The van der Waals surface area contributed by atoms with E-state index in [0.717, 1.165) is 30.8 Å². The molecule has 0 radical (unpaired) electrons. The molecular formula is C18H28N2O2. The van der Waals surface area contributed by atoms with Crippen molar-refractivity contribution in [3.8, 4) is 5.75 Å². The maximum atomic E-state index is 11.9. The molecule has 22 heavy (non-hydrogen) atoms. The van der Waals surface area contributed by atoms with Gasteiger partial charge in [0, 0.05) is 6.42 Å². The van der Waals surface area contributed by atoms with Crippen molar-refractivity contribution in [1.29, 1.82) is 0 Å². The van der Waals surface area contributed by atoms with Crippen molar-refractivity contribution < 1.29 is 9.53 Å². The van der Waals surface area contributed by atoms with Gasteiger partial charge in [0.2, 0.25) is 5.91 Å². The lowest BCUT2D eigenvalue weighted by Gasteiger charge is -2.22. The summed E-state index contributed by atoms with van der Waals surface area (Å²) in [6.07, 6.45) is 3.99. The molecule has 1 aromatic carbocycles. The Kier molecular flexibility index (Phi) is 6.72. The first-order valence-electron chi connectivity index (χ1n) is 8.35. The minimum absolute atomic E-state index is 0.0241. The third-order valence-corrected chi connectivity index (χ3v) is 4.25. The Hall–Kier alpha value is -1.55. The number of aryl methyl sites for hydroxylation is 1. The van der Waals surface area contributed by atoms with Crippen LogP contribution in [0.3, 0.4) is 0 Å². The Labute approximate surface area is 133 Å². The maximum Gasteiger partial charge on any atom is 0.220 e. The lowest BCUT2D eigenvalue weighted by molar-refractivity contribution is -0.121. The van der Waals surface area contributed by atoms with Crippen LogP contribution in [0.1, 0.15) is 38.2 Å². The Morgan fingerprint density at radius 3 is 2.82 bits per heavy atom. The molecule has 122 valence electrons. The summed E-state index contributed by atoms with van der Waals surface area (Å²) in [5, 5.41) is 6.34. The van der Waals surface area contributed by atoms with Crippen LogP contribution < -0.4 is 15.4 Å². The Balaban J connectivity index is 1.64. The van der Waals surface area contributed by atoms with Crippen LogP contribution in [0.5, 0.6) is 5.75 Å². The summed E-state index contributed by atoms with van der Waals surface area (Å²) in [5.41, 5.74) is 1.12. The van der Waals surface area contributed by atoms with E-state index in [9.17, 15) is 4.79 Å². The second-order valence-corrected chi connectivity index (χ2v) is 6.23. The van der Waals surface area contributed by atoms with Crippen LogP contribution in [0.4, 0.5) is 0 Å². The highest BCUT2D eigenvalue weighted by molar-refractivity contribution is 5.75. The number of para-hydroxylation sites is 1. The van der Waals surface area contributed by atoms with Crippen molar-refractivity contribution in [3.05, 3.63) is 29.8 Å². The highest BCUT2D eigenvalue weighted by Crippen LogP contribution is 2.18. The van der Waals surface area contributed by atoms with E-state index in [4.69, 9.17) is 4.74 Å². The molecule has 0 aliphatic carbocycles. The van der Waals surface area contributed by atoms with Crippen LogP contribution in [0, 0.1) is 12.8 Å². The van der Waals surface area contributed by atoms with Crippen molar-refractivity contribution in [2.45, 2.75) is 45.6 Å². The maximum absolute atomic E-state index is 11.9.